The molecule has 23 heavy (non-hydrogen) atoms. The van der Waals surface area contributed by atoms with Gasteiger partial charge >= 0.3 is 0 Å². The van der Waals surface area contributed by atoms with Crippen LogP contribution in [0.25, 0.3) is 0 Å². The Hall–Kier alpha value is -2.54. The van der Waals surface area contributed by atoms with E-state index in [9.17, 15) is 4.79 Å². The van der Waals surface area contributed by atoms with Crippen LogP contribution in [0.15, 0.2) is 30.5 Å². The molecule has 0 bridgehead atoms. The molecule has 0 saturated heterocycles. The number of hydrogen-bond donors (Lipinski definition) is 2. The van der Waals surface area contributed by atoms with Gasteiger partial charge in [-0.3, -0.25) is 9.78 Å². The number of carbonyl (C=O) groups excluding carboxylic acids is 1. The molecule has 0 aliphatic carbocycles. The standard InChI is InChI=1S/C16H21N5O2/c1-12-10-14(15(22)18-8-5-9-23-2)21-16(20-12)19-11-13-6-3-4-7-17-13/h3-4,6-7,10H,5,8-9,11H2,1-2H3,(H,18,22)(H,19,20,21). The third kappa shape index (κ3) is 5.63. The summed E-state index contributed by atoms with van der Waals surface area (Å²) in [4.78, 5) is 24.9. The van der Waals surface area contributed by atoms with Crippen LogP contribution in [0.5, 0.6) is 0 Å². The zero-order valence-corrected chi connectivity index (χ0v) is 13.4. The lowest BCUT2D eigenvalue weighted by molar-refractivity contribution is 0.0943. The lowest BCUT2D eigenvalue weighted by atomic mass is 10.3. The van der Waals surface area contributed by atoms with Crippen LogP contribution >= 0.6 is 0 Å². The Bertz CT molecular complexity index is 634. The van der Waals surface area contributed by atoms with Crippen LogP contribution in [0.3, 0.4) is 0 Å². The van der Waals surface area contributed by atoms with Gasteiger partial charge in [-0.1, -0.05) is 6.07 Å². The van der Waals surface area contributed by atoms with Gasteiger partial charge in [-0.15, -0.1) is 0 Å². The number of amides is 1. The molecular formula is C16H21N5O2. The molecule has 7 nitrogen and oxygen atoms in total. The molecule has 0 aliphatic heterocycles. The topological polar surface area (TPSA) is 89.0 Å². The molecule has 2 aromatic rings. The summed E-state index contributed by atoms with van der Waals surface area (Å²) in [7, 11) is 1.63. The Morgan fingerprint density at radius 3 is 2.91 bits per heavy atom. The van der Waals surface area contributed by atoms with Crippen molar-refractivity contribution in [2.45, 2.75) is 19.9 Å². The first-order valence-corrected chi connectivity index (χ1v) is 7.45. The minimum absolute atomic E-state index is 0.215. The van der Waals surface area contributed by atoms with Crippen LogP contribution in [-0.4, -0.2) is 41.1 Å². The maximum atomic E-state index is 12.1. The fraction of sp³-hybridized carbons (Fsp3) is 0.375. The van der Waals surface area contributed by atoms with Crippen molar-refractivity contribution in [3.63, 3.8) is 0 Å². The maximum absolute atomic E-state index is 12.1. The van der Waals surface area contributed by atoms with Gasteiger partial charge in [-0.2, -0.15) is 0 Å². The quantitative estimate of drug-likeness (QED) is 0.719. The van der Waals surface area contributed by atoms with Gasteiger partial charge in [0.15, 0.2) is 0 Å². The molecule has 0 fully saturated rings. The van der Waals surface area contributed by atoms with Crippen LogP contribution < -0.4 is 10.6 Å². The van der Waals surface area contributed by atoms with Gasteiger partial charge in [0, 0.05) is 32.2 Å². The number of ether oxygens (including phenoxy) is 1. The summed E-state index contributed by atoms with van der Waals surface area (Å²) in [6.07, 6.45) is 2.49. The van der Waals surface area contributed by atoms with E-state index in [1.165, 1.54) is 0 Å². The molecule has 2 N–H and O–H groups in total. The zero-order chi connectivity index (χ0) is 16.5. The highest BCUT2D eigenvalue weighted by Gasteiger charge is 2.10. The summed E-state index contributed by atoms with van der Waals surface area (Å²) in [5.41, 5.74) is 1.95. The second-order valence-electron chi connectivity index (χ2n) is 5.00. The summed E-state index contributed by atoms with van der Waals surface area (Å²) in [6.45, 7) is 3.49. The van der Waals surface area contributed by atoms with Crippen molar-refractivity contribution in [3.05, 3.63) is 47.5 Å². The van der Waals surface area contributed by atoms with Gasteiger partial charge in [-0.05, 0) is 31.5 Å². The molecule has 0 unspecified atom stereocenters. The fourth-order valence-corrected chi connectivity index (χ4v) is 1.95. The van der Waals surface area contributed by atoms with Gasteiger partial charge in [-0.25, -0.2) is 9.97 Å². The minimum Gasteiger partial charge on any atom is -0.385 e. The van der Waals surface area contributed by atoms with E-state index in [0.29, 0.717) is 31.3 Å². The summed E-state index contributed by atoms with van der Waals surface area (Å²) in [5.74, 6) is 0.199. The lowest BCUT2D eigenvalue weighted by Gasteiger charge is -2.08. The fourth-order valence-electron chi connectivity index (χ4n) is 1.95. The first kappa shape index (κ1) is 16.8. The second kappa shape index (κ2) is 8.79. The molecule has 0 aliphatic rings. The molecular weight excluding hydrogens is 294 g/mol. The van der Waals surface area contributed by atoms with Crippen LogP contribution in [-0.2, 0) is 11.3 Å². The van der Waals surface area contributed by atoms with Crippen LogP contribution in [0.1, 0.15) is 28.3 Å². The van der Waals surface area contributed by atoms with E-state index in [1.807, 2.05) is 25.1 Å². The lowest BCUT2D eigenvalue weighted by Crippen LogP contribution is -2.26. The molecule has 0 radical (unpaired) electrons. The van der Waals surface area contributed by atoms with E-state index >= 15 is 0 Å². The van der Waals surface area contributed by atoms with Crippen molar-refractivity contribution in [1.29, 1.82) is 0 Å². The molecule has 2 heterocycles. The van der Waals surface area contributed by atoms with Gasteiger partial charge in [0.25, 0.3) is 5.91 Å². The highest BCUT2D eigenvalue weighted by atomic mass is 16.5. The third-order valence-electron chi connectivity index (χ3n) is 3.05. The second-order valence-corrected chi connectivity index (χ2v) is 5.00. The number of carbonyl (C=O) groups is 1. The van der Waals surface area contributed by atoms with Gasteiger partial charge in [0.1, 0.15) is 5.69 Å². The average molecular weight is 315 g/mol. The Balaban J connectivity index is 1.96. The number of nitrogens with zero attached hydrogens (tertiary/aromatic N) is 3. The van der Waals surface area contributed by atoms with Crippen LogP contribution in [0.2, 0.25) is 0 Å². The number of aryl methyl sites for hydroxylation is 1. The Morgan fingerprint density at radius 2 is 2.17 bits per heavy atom. The largest absolute Gasteiger partial charge is 0.385 e. The number of aromatic nitrogens is 3. The number of rotatable bonds is 8. The van der Waals surface area contributed by atoms with Crippen LogP contribution in [0, 0.1) is 6.92 Å². The zero-order valence-electron chi connectivity index (χ0n) is 13.4. The molecule has 2 rings (SSSR count). The third-order valence-corrected chi connectivity index (χ3v) is 3.05. The molecule has 0 saturated carbocycles. The maximum Gasteiger partial charge on any atom is 0.270 e. The van der Waals surface area contributed by atoms with E-state index in [2.05, 4.69) is 25.6 Å². The Labute approximate surface area is 135 Å². The average Bonchev–Trinajstić information content (AvgIpc) is 2.57. The Morgan fingerprint density at radius 1 is 1.30 bits per heavy atom. The van der Waals surface area contributed by atoms with Crippen molar-refractivity contribution in [2.75, 3.05) is 25.6 Å². The summed E-state index contributed by atoms with van der Waals surface area (Å²) in [6, 6.07) is 7.35. The molecule has 0 aromatic carbocycles. The van der Waals surface area contributed by atoms with Crippen molar-refractivity contribution in [1.82, 2.24) is 20.3 Å². The first-order valence-electron chi connectivity index (χ1n) is 7.45. The predicted molar refractivity (Wildman–Crippen MR) is 87.2 cm³/mol. The molecule has 0 atom stereocenters. The molecule has 2 aromatic heterocycles. The number of pyridine rings is 1. The number of hydrogen-bond acceptors (Lipinski definition) is 6. The molecule has 1 amide bonds. The monoisotopic (exact) mass is 315 g/mol. The molecule has 122 valence electrons. The van der Waals surface area contributed by atoms with Crippen molar-refractivity contribution in [3.8, 4) is 0 Å². The predicted octanol–water partition coefficient (Wildman–Crippen LogP) is 1.56. The number of nitrogens with one attached hydrogen (secondary N) is 2. The summed E-state index contributed by atoms with van der Waals surface area (Å²) < 4.78 is 4.95. The van der Waals surface area contributed by atoms with Crippen molar-refractivity contribution >= 4 is 11.9 Å². The van der Waals surface area contributed by atoms with Crippen molar-refractivity contribution in [2.24, 2.45) is 0 Å². The summed E-state index contributed by atoms with van der Waals surface area (Å²) >= 11 is 0. The normalized spacial score (nSPS) is 10.3. The molecule has 7 heteroatoms. The number of methoxy groups -OCH3 is 1. The van der Waals surface area contributed by atoms with Crippen LogP contribution in [0.4, 0.5) is 5.95 Å². The summed E-state index contributed by atoms with van der Waals surface area (Å²) in [5, 5.41) is 5.90. The van der Waals surface area contributed by atoms with E-state index in [-0.39, 0.29) is 5.91 Å². The van der Waals surface area contributed by atoms with E-state index in [1.54, 1.807) is 19.4 Å². The van der Waals surface area contributed by atoms with E-state index < -0.39 is 0 Å². The van der Waals surface area contributed by atoms with E-state index in [4.69, 9.17) is 4.74 Å². The minimum atomic E-state index is -0.215. The van der Waals surface area contributed by atoms with Gasteiger partial charge < -0.3 is 15.4 Å². The van der Waals surface area contributed by atoms with Gasteiger partial charge in [0.05, 0.1) is 12.2 Å². The Kier molecular flexibility index (Phi) is 6.43. The smallest absolute Gasteiger partial charge is 0.270 e. The van der Waals surface area contributed by atoms with Gasteiger partial charge in [0.2, 0.25) is 5.95 Å². The van der Waals surface area contributed by atoms with E-state index in [0.717, 1.165) is 17.8 Å². The number of anilines is 1. The molecule has 0 spiro atoms. The first-order chi connectivity index (χ1) is 11.2. The SMILES string of the molecule is COCCCNC(=O)c1cc(C)nc(NCc2ccccn2)n1. The highest BCUT2D eigenvalue weighted by Crippen LogP contribution is 2.06. The highest BCUT2D eigenvalue weighted by molar-refractivity contribution is 5.92. The van der Waals surface area contributed by atoms with Crippen molar-refractivity contribution < 1.29 is 9.53 Å².